The van der Waals surface area contributed by atoms with Crippen LogP contribution in [0.1, 0.15) is 56.6 Å². The minimum atomic E-state index is 0.131. The number of nitrogens with zero attached hydrogens (tertiary/aromatic N) is 1. The Hall–Kier alpha value is -1.28. The molecule has 0 aromatic heterocycles. The zero-order valence-corrected chi connectivity index (χ0v) is 14.9. The second kappa shape index (κ2) is 6.55. The Bertz CT molecular complexity index is 605. The van der Waals surface area contributed by atoms with E-state index in [1.807, 2.05) is 18.2 Å². The van der Waals surface area contributed by atoms with Gasteiger partial charge in [-0.2, -0.15) is 0 Å². The predicted octanol–water partition coefficient (Wildman–Crippen LogP) is 5.38. The number of carbonyl (C=O) groups excluding carboxylic acids is 1. The lowest BCUT2D eigenvalue weighted by atomic mass is 9.84. The molecule has 2 nitrogen and oxygen atoms in total. The summed E-state index contributed by atoms with van der Waals surface area (Å²) in [5, 5.41) is 0.762. The Kier molecular flexibility index (Phi) is 4.42. The van der Waals surface area contributed by atoms with Crippen LogP contribution in [0.5, 0.6) is 0 Å². The Labute approximate surface area is 149 Å². The van der Waals surface area contributed by atoms with Crippen LogP contribution in [-0.2, 0) is 4.79 Å². The summed E-state index contributed by atoms with van der Waals surface area (Å²) < 4.78 is 0. The SMILES string of the molecule is C=CCC1CC[C@@H](c2ccc(Cl)cc2)N(C(C2CC2)C2CC2)C1=O. The summed E-state index contributed by atoms with van der Waals surface area (Å²) in [4.78, 5) is 15.6. The highest BCUT2D eigenvalue weighted by Crippen LogP contribution is 2.51. The third kappa shape index (κ3) is 3.13. The Morgan fingerprint density at radius 1 is 1.08 bits per heavy atom. The maximum atomic E-state index is 13.3. The van der Waals surface area contributed by atoms with E-state index >= 15 is 0 Å². The lowest BCUT2D eigenvalue weighted by molar-refractivity contribution is -0.146. The van der Waals surface area contributed by atoms with E-state index < -0.39 is 0 Å². The zero-order valence-electron chi connectivity index (χ0n) is 14.2. The standard InChI is InChI=1S/C21H26ClNO/c1-2-3-17-10-13-19(14-8-11-18(22)12-9-14)23(21(17)24)20(15-4-5-15)16-6-7-16/h2,8-9,11-12,15-17,19-20H,1,3-7,10,13H2/t17?,19-/m0/s1. The van der Waals surface area contributed by atoms with E-state index in [0.717, 1.165) is 36.1 Å². The number of amides is 1. The van der Waals surface area contributed by atoms with Crippen molar-refractivity contribution in [3.05, 3.63) is 47.5 Å². The first-order valence-corrected chi connectivity index (χ1v) is 9.75. The molecule has 1 heterocycles. The molecule has 24 heavy (non-hydrogen) atoms. The van der Waals surface area contributed by atoms with Crippen LogP contribution in [0.3, 0.4) is 0 Å². The lowest BCUT2D eigenvalue weighted by Gasteiger charge is -2.45. The highest BCUT2D eigenvalue weighted by Gasteiger charge is 2.50. The van der Waals surface area contributed by atoms with Crippen molar-refractivity contribution in [3.63, 3.8) is 0 Å². The van der Waals surface area contributed by atoms with Crippen molar-refractivity contribution in [2.24, 2.45) is 17.8 Å². The number of carbonyl (C=O) groups is 1. The Balaban J connectivity index is 1.66. The number of halogens is 1. The molecule has 0 radical (unpaired) electrons. The molecule has 3 heteroatoms. The molecule has 1 unspecified atom stereocenters. The molecule has 1 aliphatic heterocycles. The normalized spacial score (nSPS) is 27.6. The van der Waals surface area contributed by atoms with Crippen LogP contribution in [0.2, 0.25) is 5.02 Å². The summed E-state index contributed by atoms with van der Waals surface area (Å²) in [6.07, 6.45) is 9.93. The number of likely N-dealkylation sites (tertiary alicyclic amines) is 1. The first-order valence-electron chi connectivity index (χ1n) is 9.37. The van der Waals surface area contributed by atoms with Gasteiger partial charge in [-0.1, -0.05) is 29.8 Å². The van der Waals surface area contributed by atoms with Crippen molar-refractivity contribution < 1.29 is 4.79 Å². The van der Waals surface area contributed by atoms with Gasteiger partial charge in [-0.25, -0.2) is 0 Å². The number of rotatable bonds is 6. The van der Waals surface area contributed by atoms with Crippen molar-refractivity contribution in [1.29, 1.82) is 0 Å². The topological polar surface area (TPSA) is 20.3 Å². The van der Waals surface area contributed by atoms with Crippen LogP contribution >= 0.6 is 11.6 Å². The van der Waals surface area contributed by atoms with Gasteiger partial charge in [-0.05, 0) is 74.5 Å². The second-order valence-electron chi connectivity index (χ2n) is 7.78. The van der Waals surface area contributed by atoms with Crippen LogP contribution < -0.4 is 0 Å². The third-order valence-electron chi connectivity index (χ3n) is 5.97. The van der Waals surface area contributed by atoms with Crippen molar-refractivity contribution in [3.8, 4) is 0 Å². The maximum absolute atomic E-state index is 13.3. The minimum Gasteiger partial charge on any atom is -0.332 e. The van der Waals surface area contributed by atoms with Crippen molar-refractivity contribution >= 4 is 17.5 Å². The van der Waals surface area contributed by atoms with Crippen molar-refractivity contribution in [2.45, 2.75) is 57.0 Å². The van der Waals surface area contributed by atoms with Crippen LogP contribution in [0, 0.1) is 17.8 Å². The van der Waals surface area contributed by atoms with E-state index in [9.17, 15) is 4.79 Å². The van der Waals surface area contributed by atoms with Gasteiger partial charge in [-0.15, -0.1) is 6.58 Å². The van der Waals surface area contributed by atoms with Crippen LogP contribution in [-0.4, -0.2) is 16.8 Å². The number of hydrogen-bond donors (Lipinski definition) is 0. The van der Waals surface area contributed by atoms with Gasteiger partial charge in [0.15, 0.2) is 0 Å². The number of benzene rings is 1. The fourth-order valence-electron chi connectivity index (χ4n) is 4.49. The quantitative estimate of drug-likeness (QED) is 0.634. The lowest BCUT2D eigenvalue weighted by Crippen LogP contribution is -2.50. The van der Waals surface area contributed by atoms with E-state index in [1.54, 1.807) is 0 Å². The van der Waals surface area contributed by atoms with Gasteiger partial charge in [0.25, 0.3) is 0 Å². The first kappa shape index (κ1) is 16.2. The first-order chi connectivity index (χ1) is 11.7. The van der Waals surface area contributed by atoms with Gasteiger partial charge in [0.05, 0.1) is 6.04 Å². The fraction of sp³-hybridized carbons (Fsp3) is 0.571. The zero-order chi connectivity index (χ0) is 16.7. The summed E-state index contributed by atoms with van der Waals surface area (Å²) in [6, 6.07) is 8.82. The molecular formula is C21H26ClNO. The molecule has 1 aromatic rings. The molecule has 0 N–H and O–H groups in total. The van der Waals surface area contributed by atoms with E-state index in [2.05, 4.69) is 23.6 Å². The summed E-state index contributed by atoms with van der Waals surface area (Å²) in [7, 11) is 0. The predicted molar refractivity (Wildman–Crippen MR) is 97.8 cm³/mol. The van der Waals surface area contributed by atoms with Gasteiger partial charge in [0.1, 0.15) is 0 Å². The molecule has 3 fully saturated rings. The van der Waals surface area contributed by atoms with Gasteiger partial charge < -0.3 is 4.90 Å². The average molecular weight is 344 g/mol. The minimum absolute atomic E-state index is 0.131. The largest absolute Gasteiger partial charge is 0.332 e. The molecule has 0 bridgehead atoms. The van der Waals surface area contributed by atoms with Crippen LogP contribution in [0.25, 0.3) is 0 Å². The molecule has 1 amide bonds. The summed E-state index contributed by atoms with van der Waals surface area (Å²) >= 11 is 6.07. The molecule has 1 aromatic carbocycles. The molecule has 2 aliphatic carbocycles. The average Bonchev–Trinajstić information content (AvgIpc) is 3.46. The highest BCUT2D eigenvalue weighted by atomic mass is 35.5. The number of allylic oxidation sites excluding steroid dienone is 1. The van der Waals surface area contributed by atoms with E-state index in [0.29, 0.717) is 11.9 Å². The molecule has 2 atom stereocenters. The summed E-state index contributed by atoms with van der Waals surface area (Å²) in [6.45, 7) is 3.86. The number of piperidine rings is 1. The summed E-state index contributed by atoms with van der Waals surface area (Å²) in [5.41, 5.74) is 1.25. The Morgan fingerprint density at radius 2 is 1.71 bits per heavy atom. The summed E-state index contributed by atoms with van der Waals surface area (Å²) in [5.74, 6) is 1.97. The van der Waals surface area contributed by atoms with E-state index in [1.165, 1.54) is 31.2 Å². The Morgan fingerprint density at radius 3 is 2.25 bits per heavy atom. The second-order valence-corrected chi connectivity index (χ2v) is 8.21. The third-order valence-corrected chi connectivity index (χ3v) is 6.22. The smallest absolute Gasteiger partial charge is 0.226 e. The molecule has 1 saturated heterocycles. The van der Waals surface area contributed by atoms with Crippen molar-refractivity contribution in [2.75, 3.05) is 0 Å². The van der Waals surface area contributed by atoms with Gasteiger partial charge in [0, 0.05) is 17.0 Å². The molecule has 128 valence electrons. The fourth-order valence-corrected chi connectivity index (χ4v) is 4.61. The molecule has 2 saturated carbocycles. The van der Waals surface area contributed by atoms with Gasteiger partial charge in [0.2, 0.25) is 5.91 Å². The van der Waals surface area contributed by atoms with E-state index in [4.69, 9.17) is 11.6 Å². The van der Waals surface area contributed by atoms with Crippen LogP contribution in [0.4, 0.5) is 0 Å². The molecule has 4 rings (SSSR count). The molecule has 3 aliphatic rings. The molecular weight excluding hydrogens is 318 g/mol. The van der Waals surface area contributed by atoms with Crippen LogP contribution in [0.15, 0.2) is 36.9 Å². The van der Waals surface area contributed by atoms with Gasteiger partial charge >= 0.3 is 0 Å². The maximum Gasteiger partial charge on any atom is 0.226 e. The van der Waals surface area contributed by atoms with Crippen molar-refractivity contribution in [1.82, 2.24) is 4.90 Å². The molecule has 0 spiro atoms. The highest BCUT2D eigenvalue weighted by molar-refractivity contribution is 6.30. The monoisotopic (exact) mass is 343 g/mol. The number of hydrogen-bond acceptors (Lipinski definition) is 1. The van der Waals surface area contributed by atoms with Gasteiger partial charge in [-0.3, -0.25) is 4.79 Å². The van der Waals surface area contributed by atoms with E-state index in [-0.39, 0.29) is 12.0 Å².